The summed E-state index contributed by atoms with van der Waals surface area (Å²) in [5, 5.41) is 12.5. The van der Waals surface area contributed by atoms with Gasteiger partial charge in [0.1, 0.15) is 16.9 Å². The highest BCUT2D eigenvalue weighted by Crippen LogP contribution is 2.45. The average molecular weight is 475 g/mol. The van der Waals surface area contributed by atoms with Crippen molar-refractivity contribution in [3.63, 3.8) is 0 Å². The lowest BCUT2D eigenvalue weighted by atomic mass is 9.87. The van der Waals surface area contributed by atoms with Crippen LogP contribution in [0.25, 0.3) is 0 Å². The first kappa shape index (κ1) is 25.3. The van der Waals surface area contributed by atoms with Gasteiger partial charge in [0.25, 0.3) is 5.56 Å². The molecule has 0 radical (unpaired) electrons. The quantitative estimate of drug-likeness (QED) is 0.377. The Morgan fingerprint density at radius 2 is 1.79 bits per heavy atom. The first-order valence-electron chi connectivity index (χ1n) is 11.3. The van der Waals surface area contributed by atoms with Crippen LogP contribution >= 0.6 is 0 Å². The molecule has 0 spiro atoms. The molecule has 2 heterocycles. The number of hydrogen-bond donors (Lipinski definition) is 4. The van der Waals surface area contributed by atoms with Crippen LogP contribution < -0.4 is 21.9 Å². The van der Waals surface area contributed by atoms with Gasteiger partial charge < -0.3 is 16.0 Å². The maximum Gasteiger partial charge on any atom is 0.410 e. The molecule has 1 aromatic heterocycles. The molecule has 1 aliphatic heterocycles. The van der Waals surface area contributed by atoms with Crippen molar-refractivity contribution in [1.82, 2.24) is 10.3 Å². The minimum atomic E-state index is -4.40. The fourth-order valence-corrected chi connectivity index (χ4v) is 4.73. The average Bonchev–Trinajstić information content (AvgIpc) is 3.33. The molecule has 1 aromatic carbocycles. The van der Waals surface area contributed by atoms with Gasteiger partial charge in [-0.3, -0.25) is 10.1 Å². The maximum absolute atomic E-state index is 13.8. The minimum Gasteiger partial charge on any atom is -0.383 e. The van der Waals surface area contributed by atoms with Gasteiger partial charge in [-0.15, -0.1) is 0 Å². The molecule has 10 heteroatoms. The van der Waals surface area contributed by atoms with Gasteiger partial charge in [0.2, 0.25) is 0 Å². The smallest absolute Gasteiger partial charge is 0.383 e. The molecule has 4 rings (SSSR count). The molecular formula is C24H29F3N6O. The van der Waals surface area contributed by atoms with Crippen molar-refractivity contribution in [1.29, 1.82) is 5.26 Å². The van der Waals surface area contributed by atoms with Crippen LogP contribution in [-0.4, -0.2) is 29.6 Å². The number of nitriles is 1. The highest BCUT2D eigenvalue weighted by atomic mass is 19.4. The molecule has 1 unspecified atom stereocenters. The molecule has 1 aliphatic carbocycles. The lowest BCUT2D eigenvalue weighted by Gasteiger charge is -2.32. The Morgan fingerprint density at radius 3 is 2.38 bits per heavy atom. The van der Waals surface area contributed by atoms with E-state index in [1.54, 1.807) is 12.3 Å². The number of nitrogens with two attached hydrogens (primary N) is 1. The molecule has 5 N–H and O–H groups in total. The second-order valence-corrected chi connectivity index (χ2v) is 8.55. The van der Waals surface area contributed by atoms with Gasteiger partial charge in [-0.05, 0) is 56.0 Å². The normalized spacial score (nSPS) is 21.5. The van der Waals surface area contributed by atoms with Crippen molar-refractivity contribution in [3.8, 4) is 6.57 Å². The lowest BCUT2D eigenvalue weighted by molar-refractivity contribution is -0.196. The second kappa shape index (κ2) is 10.7. The molecule has 1 atom stereocenters. The van der Waals surface area contributed by atoms with Gasteiger partial charge in [-0.25, -0.2) is 10.3 Å². The highest BCUT2D eigenvalue weighted by Gasteiger charge is 2.57. The van der Waals surface area contributed by atoms with E-state index in [0.717, 1.165) is 25.7 Å². The van der Waals surface area contributed by atoms with E-state index in [2.05, 4.69) is 27.2 Å². The van der Waals surface area contributed by atoms with Crippen LogP contribution in [-0.2, 0) is 5.54 Å². The summed E-state index contributed by atoms with van der Waals surface area (Å²) >= 11 is 0. The minimum absolute atomic E-state index is 0.00313. The number of anilines is 1. The number of rotatable bonds is 5. The Hall–Kier alpha value is -3.32. The first-order chi connectivity index (χ1) is 16.3. The van der Waals surface area contributed by atoms with Crippen LogP contribution in [0.15, 0.2) is 46.3 Å². The van der Waals surface area contributed by atoms with Crippen molar-refractivity contribution in [2.24, 2.45) is 10.7 Å². The summed E-state index contributed by atoms with van der Waals surface area (Å²) in [6.45, 7) is 3.82. The van der Waals surface area contributed by atoms with Crippen molar-refractivity contribution >= 4 is 17.2 Å². The van der Waals surface area contributed by atoms with Gasteiger partial charge in [0.05, 0.1) is 11.4 Å². The molecule has 1 saturated heterocycles. The number of benzene rings is 1. The third-order valence-corrected chi connectivity index (χ3v) is 6.43. The van der Waals surface area contributed by atoms with E-state index in [0.29, 0.717) is 24.3 Å². The Labute approximate surface area is 196 Å². The molecule has 2 aliphatic rings. The number of pyridine rings is 1. The fourth-order valence-electron chi connectivity index (χ4n) is 4.73. The summed E-state index contributed by atoms with van der Waals surface area (Å²) in [4.78, 5) is 19.5. The summed E-state index contributed by atoms with van der Waals surface area (Å²) in [5.41, 5.74) is 5.18. The zero-order valence-corrected chi connectivity index (χ0v) is 18.8. The molecule has 7 nitrogen and oxygen atoms in total. The van der Waals surface area contributed by atoms with Gasteiger partial charge >= 0.3 is 6.18 Å². The Kier molecular flexibility index (Phi) is 7.99. The van der Waals surface area contributed by atoms with Crippen LogP contribution in [0.2, 0.25) is 0 Å². The van der Waals surface area contributed by atoms with Crippen LogP contribution in [0.5, 0.6) is 0 Å². The maximum atomic E-state index is 13.8. The van der Waals surface area contributed by atoms with E-state index in [1.807, 2.05) is 0 Å². The zero-order chi connectivity index (χ0) is 24.8. The third kappa shape index (κ3) is 5.25. The van der Waals surface area contributed by atoms with E-state index in [4.69, 9.17) is 11.0 Å². The number of amidine groups is 1. The number of aromatic nitrogens is 1. The van der Waals surface area contributed by atoms with Gasteiger partial charge in [0.15, 0.2) is 0 Å². The topological polar surface area (TPSA) is 119 Å². The number of aromatic amines is 1. The van der Waals surface area contributed by atoms with Crippen molar-refractivity contribution in [3.05, 3.63) is 58.0 Å². The predicted molar refractivity (Wildman–Crippen MR) is 126 cm³/mol. The number of hydrogen-bond acceptors (Lipinski definition) is 5. The van der Waals surface area contributed by atoms with E-state index in [1.165, 1.54) is 30.7 Å². The molecule has 1 saturated carbocycles. The number of halogens is 3. The van der Waals surface area contributed by atoms with E-state index in [-0.39, 0.29) is 35.0 Å². The Morgan fingerprint density at radius 1 is 1.12 bits per heavy atom. The van der Waals surface area contributed by atoms with E-state index >= 15 is 0 Å². The number of nitrogens with zero attached hydrogens (tertiary/aromatic N) is 2. The standard InChI is InChI=1S/C23H28F3N5O.CHN/c24-23(25,26)22(12-4-13-29-22)15-7-9-17(10-8-15)31-20(27)19-18(11-14-28-21(19)32)30-16-5-2-1-3-6-16;1-2/h7-11,14,16,29H,1-6,12-13H2,(H2,27,31)(H2,28,30,32);1H. The largest absolute Gasteiger partial charge is 0.410 e. The van der Waals surface area contributed by atoms with Crippen molar-refractivity contribution < 1.29 is 13.2 Å². The van der Waals surface area contributed by atoms with Crippen LogP contribution in [0.3, 0.4) is 0 Å². The Balaban J connectivity index is 0.00000158. The number of aliphatic imine (C=N–C) groups is 1. The molecule has 0 bridgehead atoms. The molecule has 34 heavy (non-hydrogen) atoms. The number of nitrogens with one attached hydrogen (secondary N) is 3. The molecule has 182 valence electrons. The fraction of sp³-hybridized carbons (Fsp3) is 0.458. The molecule has 2 fully saturated rings. The monoisotopic (exact) mass is 474 g/mol. The predicted octanol–water partition coefficient (Wildman–Crippen LogP) is 4.44. The van der Waals surface area contributed by atoms with Crippen LogP contribution in [0.1, 0.15) is 56.1 Å². The Bertz CT molecular complexity index is 1060. The SMILES string of the molecule is C#N.NC(=Nc1ccc(C2(C(F)(F)F)CCCN2)cc1)c1c(NC2CCCCC2)cc[nH]c1=O. The summed E-state index contributed by atoms with van der Waals surface area (Å²) in [6.07, 6.45) is 3.16. The zero-order valence-electron chi connectivity index (χ0n) is 18.8. The summed E-state index contributed by atoms with van der Waals surface area (Å²) < 4.78 is 41.3. The highest BCUT2D eigenvalue weighted by molar-refractivity contribution is 6.03. The summed E-state index contributed by atoms with van der Waals surface area (Å²) in [7, 11) is 0. The van der Waals surface area contributed by atoms with Gasteiger partial charge in [0, 0.05) is 18.8 Å². The van der Waals surface area contributed by atoms with Crippen molar-refractivity contribution in [2.45, 2.75) is 62.7 Å². The second-order valence-electron chi connectivity index (χ2n) is 8.55. The number of alkyl halides is 3. The van der Waals surface area contributed by atoms with Crippen LogP contribution in [0.4, 0.5) is 24.5 Å². The summed E-state index contributed by atoms with van der Waals surface area (Å²) in [5.74, 6) is 0.0161. The number of H-pyrrole nitrogens is 1. The molecular weight excluding hydrogens is 445 g/mol. The van der Waals surface area contributed by atoms with E-state index in [9.17, 15) is 18.0 Å². The lowest BCUT2D eigenvalue weighted by Crippen LogP contribution is -2.49. The van der Waals surface area contributed by atoms with Crippen LogP contribution in [0, 0.1) is 11.8 Å². The third-order valence-electron chi connectivity index (χ3n) is 6.43. The first-order valence-corrected chi connectivity index (χ1v) is 11.3. The van der Waals surface area contributed by atoms with Gasteiger partial charge in [-0.1, -0.05) is 31.4 Å². The summed E-state index contributed by atoms with van der Waals surface area (Å²) in [6, 6.07) is 7.88. The van der Waals surface area contributed by atoms with Crippen molar-refractivity contribution in [2.75, 3.05) is 11.9 Å². The molecule has 0 amide bonds. The molecule has 2 aromatic rings. The van der Waals surface area contributed by atoms with Gasteiger partial charge in [-0.2, -0.15) is 13.2 Å². The van der Waals surface area contributed by atoms with E-state index < -0.39 is 11.7 Å².